The third kappa shape index (κ3) is 4.93. The van der Waals surface area contributed by atoms with Crippen LogP contribution in [0.25, 0.3) is 0 Å². The lowest BCUT2D eigenvalue weighted by molar-refractivity contribution is 0.00833. The number of halogens is 2. The van der Waals surface area contributed by atoms with Crippen LogP contribution in [0.4, 0.5) is 4.39 Å². The van der Waals surface area contributed by atoms with Crippen molar-refractivity contribution in [2.24, 2.45) is 5.73 Å². The van der Waals surface area contributed by atoms with Gasteiger partial charge in [0.25, 0.3) is 5.91 Å². The first-order valence-electron chi connectivity index (χ1n) is 7.49. The SMILES string of the molecule is Cc1ccc(F)c(C(=O)N2CCC(OCCCN)CC2)c1.Cl. The molecule has 0 atom stereocenters. The smallest absolute Gasteiger partial charge is 0.256 e. The molecule has 2 N–H and O–H groups in total. The Bertz CT molecular complexity index is 491. The maximum atomic E-state index is 13.8. The molecular formula is C16H24ClFN2O2. The molecule has 0 saturated carbocycles. The Morgan fingerprint density at radius 1 is 1.41 bits per heavy atom. The zero-order valence-electron chi connectivity index (χ0n) is 12.9. The van der Waals surface area contributed by atoms with Gasteiger partial charge >= 0.3 is 0 Å². The molecule has 0 radical (unpaired) electrons. The molecule has 0 aromatic heterocycles. The fraction of sp³-hybridized carbons (Fsp3) is 0.562. The van der Waals surface area contributed by atoms with Crippen molar-refractivity contribution in [3.8, 4) is 0 Å². The summed E-state index contributed by atoms with van der Waals surface area (Å²) in [6.07, 6.45) is 2.63. The molecule has 124 valence electrons. The highest BCUT2D eigenvalue weighted by molar-refractivity contribution is 5.94. The number of carbonyl (C=O) groups is 1. The van der Waals surface area contributed by atoms with E-state index in [-0.39, 0.29) is 30.0 Å². The number of carbonyl (C=O) groups excluding carboxylic acids is 1. The van der Waals surface area contributed by atoms with Gasteiger partial charge in [-0.1, -0.05) is 11.6 Å². The average molecular weight is 331 g/mol. The molecule has 22 heavy (non-hydrogen) atoms. The van der Waals surface area contributed by atoms with Crippen molar-refractivity contribution < 1.29 is 13.9 Å². The van der Waals surface area contributed by atoms with Crippen LogP contribution in [0.3, 0.4) is 0 Å². The van der Waals surface area contributed by atoms with Crippen molar-refractivity contribution in [1.29, 1.82) is 0 Å². The largest absolute Gasteiger partial charge is 0.378 e. The van der Waals surface area contributed by atoms with Crippen LogP contribution in [-0.4, -0.2) is 43.2 Å². The predicted molar refractivity (Wildman–Crippen MR) is 86.9 cm³/mol. The summed E-state index contributed by atoms with van der Waals surface area (Å²) < 4.78 is 19.5. The van der Waals surface area contributed by atoms with Gasteiger partial charge in [0.05, 0.1) is 11.7 Å². The van der Waals surface area contributed by atoms with E-state index in [9.17, 15) is 9.18 Å². The number of rotatable bonds is 5. The standard InChI is InChI=1S/C16H23FN2O2.ClH/c1-12-3-4-15(17)14(11-12)16(20)19-8-5-13(6-9-19)21-10-2-7-18;/h3-4,11,13H,2,5-10,18H2,1H3;1H. The number of hydrogen-bond acceptors (Lipinski definition) is 3. The Hall–Kier alpha value is -1.17. The number of nitrogens with two attached hydrogens (primary N) is 1. The number of hydrogen-bond donors (Lipinski definition) is 1. The van der Waals surface area contributed by atoms with E-state index in [4.69, 9.17) is 10.5 Å². The highest BCUT2D eigenvalue weighted by Crippen LogP contribution is 2.18. The van der Waals surface area contributed by atoms with E-state index in [0.29, 0.717) is 26.2 Å². The van der Waals surface area contributed by atoms with E-state index in [1.54, 1.807) is 17.0 Å². The second kappa shape index (κ2) is 9.08. The van der Waals surface area contributed by atoms with Crippen LogP contribution in [-0.2, 0) is 4.74 Å². The van der Waals surface area contributed by atoms with Gasteiger partial charge in [0.15, 0.2) is 0 Å². The Morgan fingerprint density at radius 2 is 2.09 bits per heavy atom. The number of likely N-dealkylation sites (tertiary alicyclic amines) is 1. The van der Waals surface area contributed by atoms with E-state index in [1.165, 1.54) is 6.07 Å². The lowest BCUT2D eigenvalue weighted by Crippen LogP contribution is -2.41. The van der Waals surface area contributed by atoms with Crippen molar-refractivity contribution in [2.45, 2.75) is 32.3 Å². The van der Waals surface area contributed by atoms with E-state index in [1.807, 2.05) is 6.92 Å². The third-order valence-corrected chi connectivity index (χ3v) is 3.78. The van der Waals surface area contributed by atoms with Gasteiger partial charge in [-0.05, 0) is 44.9 Å². The number of nitrogens with zero attached hydrogens (tertiary/aromatic N) is 1. The molecule has 1 fully saturated rings. The minimum Gasteiger partial charge on any atom is -0.378 e. The number of aryl methyl sites for hydroxylation is 1. The van der Waals surface area contributed by atoms with E-state index < -0.39 is 5.82 Å². The Kier molecular flexibility index (Phi) is 7.79. The van der Waals surface area contributed by atoms with Crippen LogP contribution in [0.5, 0.6) is 0 Å². The lowest BCUT2D eigenvalue weighted by Gasteiger charge is -2.32. The maximum absolute atomic E-state index is 13.8. The summed E-state index contributed by atoms with van der Waals surface area (Å²) in [6, 6.07) is 4.64. The molecule has 1 heterocycles. The normalized spacial score (nSPS) is 15.5. The second-order valence-corrected chi connectivity index (χ2v) is 5.49. The van der Waals surface area contributed by atoms with Crippen LogP contribution in [0.2, 0.25) is 0 Å². The number of benzene rings is 1. The van der Waals surface area contributed by atoms with E-state index in [0.717, 1.165) is 24.8 Å². The summed E-state index contributed by atoms with van der Waals surface area (Å²) in [6.45, 7) is 4.37. The van der Waals surface area contributed by atoms with Gasteiger partial charge in [-0.3, -0.25) is 4.79 Å². The molecule has 6 heteroatoms. The monoisotopic (exact) mass is 330 g/mol. The molecule has 2 rings (SSSR count). The van der Waals surface area contributed by atoms with Gasteiger partial charge < -0.3 is 15.4 Å². The van der Waals surface area contributed by atoms with E-state index >= 15 is 0 Å². The summed E-state index contributed by atoms with van der Waals surface area (Å²) >= 11 is 0. The van der Waals surface area contributed by atoms with Crippen LogP contribution < -0.4 is 5.73 Å². The quantitative estimate of drug-likeness (QED) is 0.844. The van der Waals surface area contributed by atoms with E-state index in [2.05, 4.69) is 0 Å². The Balaban J connectivity index is 0.00000242. The molecule has 1 saturated heterocycles. The third-order valence-electron chi connectivity index (χ3n) is 3.78. The zero-order valence-corrected chi connectivity index (χ0v) is 13.7. The van der Waals surface area contributed by atoms with Gasteiger partial charge in [-0.25, -0.2) is 4.39 Å². The van der Waals surface area contributed by atoms with Gasteiger partial charge in [-0.2, -0.15) is 0 Å². The summed E-state index contributed by atoms with van der Waals surface area (Å²) in [5.74, 6) is -0.677. The number of ether oxygens (including phenoxy) is 1. The fourth-order valence-corrected chi connectivity index (χ4v) is 2.53. The zero-order chi connectivity index (χ0) is 15.2. The molecule has 0 bridgehead atoms. The maximum Gasteiger partial charge on any atom is 0.256 e. The van der Waals surface area contributed by atoms with Crippen molar-refractivity contribution >= 4 is 18.3 Å². The topological polar surface area (TPSA) is 55.6 Å². The van der Waals surface area contributed by atoms with Crippen LogP contribution in [0.15, 0.2) is 18.2 Å². The second-order valence-electron chi connectivity index (χ2n) is 5.49. The molecule has 0 unspecified atom stereocenters. The van der Waals surface area contributed by atoms with Gasteiger partial charge in [0.1, 0.15) is 5.82 Å². The molecule has 4 nitrogen and oxygen atoms in total. The van der Waals surface area contributed by atoms with Crippen molar-refractivity contribution in [3.63, 3.8) is 0 Å². The molecule has 1 amide bonds. The Labute approximate surface area is 137 Å². The number of amides is 1. The highest BCUT2D eigenvalue weighted by Gasteiger charge is 2.25. The van der Waals surface area contributed by atoms with Crippen LogP contribution in [0.1, 0.15) is 35.2 Å². The minimum atomic E-state index is -0.452. The van der Waals surface area contributed by atoms with Crippen LogP contribution in [0, 0.1) is 12.7 Å². The van der Waals surface area contributed by atoms with Gasteiger partial charge in [-0.15, -0.1) is 12.4 Å². The first-order valence-corrected chi connectivity index (χ1v) is 7.49. The Morgan fingerprint density at radius 3 is 2.73 bits per heavy atom. The molecule has 1 aliphatic rings. The molecule has 1 aromatic carbocycles. The van der Waals surface area contributed by atoms with Crippen LogP contribution >= 0.6 is 12.4 Å². The molecule has 1 aromatic rings. The highest BCUT2D eigenvalue weighted by atomic mass is 35.5. The molecule has 1 aliphatic heterocycles. The molecular weight excluding hydrogens is 307 g/mol. The minimum absolute atomic E-state index is 0. The summed E-state index contributed by atoms with van der Waals surface area (Å²) in [4.78, 5) is 14.1. The molecule has 0 aliphatic carbocycles. The lowest BCUT2D eigenvalue weighted by atomic mass is 10.0. The summed E-state index contributed by atoms with van der Waals surface area (Å²) in [7, 11) is 0. The van der Waals surface area contributed by atoms with Gasteiger partial charge in [0, 0.05) is 19.7 Å². The predicted octanol–water partition coefficient (Wildman–Crippen LogP) is 2.53. The van der Waals surface area contributed by atoms with Crippen molar-refractivity contribution in [1.82, 2.24) is 4.90 Å². The average Bonchev–Trinajstić information content (AvgIpc) is 2.50. The van der Waals surface area contributed by atoms with Crippen molar-refractivity contribution in [3.05, 3.63) is 35.1 Å². The fourth-order valence-electron chi connectivity index (χ4n) is 2.53. The van der Waals surface area contributed by atoms with Gasteiger partial charge in [0.2, 0.25) is 0 Å². The first-order chi connectivity index (χ1) is 10.1. The first kappa shape index (κ1) is 18.9. The number of piperidine rings is 1. The van der Waals surface area contributed by atoms with Crippen molar-refractivity contribution in [2.75, 3.05) is 26.2 Å². The summed E-state index contributed by atoms with van der Waals surface area (Å²) in [5.41, 5.74) is 6.48. The summed E-state index contributed by atoms with van der Waals surface area (Å²) in [5, 5.41) is 0. The molecule has 0 spiro atoms.